The highest BCUT2D eigenvalue weighted by atomic mass is 32.1. The highest BCUT2D eigenvalue weighted by Gasteiger charge is 2.07. The molecule has 0 saturated heterocycles. The van der Waals surface area contributed by atoms with Crippen molar-refractivity contribution < 1.29 is 4.74 Å². The van der Waals surface area contributed by atoms with Crippen LogP contribution >= 0.6 is 12.2 Å². The molecule has 1 aromatic carbocycles. The molecule has 0 aliphatic carbocycles. The van der Waals surface area contributed by atoms with Gasteiger partial charge < -0.3 is 15.4 Å². The smallest absolute Gasteiger partial charge is 0.104 e. The predicted octanol–water partition coefficient (Wildman–Crippen LogP) is 1.53. The van der Waals surface area contributed by atoms with Gasteiger partial charge in [0.05, 0.1) is 6.61 Å². The number of thiocarbonyl (C=S) groups is 1. The number of benzene rings is 1. The van der Waals surface area contributed by atoms with Crippen molar-refractivity contribution in [1.82, 2.24) is 0 Å². The highest BCUT2D eigenvalue weighted by Crippen LogP contribution is 2.18. The average Bonchev–Trinajstić information content (AvgIpc) is 2.17. The van der Waals surface area contributed by atoms with Crippen LogP contribution in [0.4, 0.5) is 5.69 Å². The van der Waals surface area contributed by atoms with E-state index in [1.165, 1.54) is 0 Å². The second-order valence-electron chi connectivity index (χ2n) is 3.53. The molecular weight excluding hydrogens is 208 g/mol. The molecule has 0 aliphatic heterocycles. The molecule has 3 nitrogen and oxygen atoms in total. The number of nitrogens with two attached hydrogens (primary N) is 1. The van der Waals surface area contributed by atoms with Crippen LogP contribution in [0.1, 0.15) is 11.1 Å². The number of anilines is 1. The van der Waals surface area contributed by atoms with Crippen LogP contribution in [0.2, 0.25) is 0 Å². The summed E-state index contributed by atoms with van der Waals surface area (Å²) in [5, 5.41) is 0. The number of methoxy groups -OCH3 is 1. The molecule has 0 radical (unpaired) electrons. The Morgan fingerprint density at radius 2 is 2.13 bits per heavy atom. The Balaban J connectivity index is 3.14. The number of nitrogens with zero attached hydrogens (tertiary/aromatic N) is 1. The lowest BCUT2D eigenvalue weighted by Gasteiger charge is -2.15. The van der Waals surface area contributed by atoms with E-state index in [0.717, 1.165) is 16.8 Å². The van der Waals surface area contributed by atoms with E-state index < -0.39 is 0 Å². The molecule has 4 heteroatoms. The van der Waals surface area contributed by atoms with Crippen LogP contribution in [0.15, 0.2) is 18.2 Å². The largest absolute Gasteiger partial charge is 0.389 e. The molecule has 0 heterocycles. The lowest BCUT2D eigenvalue weighted by atomic mass is 10.1. The number of hydrogen-bond donors (Lipinski definition) is 1. The number of rotatable bonds is 4. The van der Waals surface area contributed by atoms with Crippen molar-refractivity contribution in [2.24, 2.45) is 5.73 Å². The number of ether oxygens (including phenoxy) is 1. The number of hydrogen-bond acceptors (Lipinski definition) is 3. The third-order valence-electron chi connectivity index (χ3n) is 2.17. The van der Waals surface area contributed by atoms with Gasteiger partial charge in [0.15, 0.2) is 0 Å². The zero-order chi connectivity index (χ0) is 11.4. The van der Waals surface area contributed by atoms with Crippen LogP contribution in [-0.2, 0) is 11.3 Å². The molecule has 0 spiro atoms. The predicted molar refractivity (Wildman–Crippen MR) is 67.4 cm³/mol. The maximum atomic E-state index is 5.63. The van der Waals surface area contributed by atoms with E-state index in [9.17, 15) is 0 Å². The van der Waals surface area contributed by atoms with Gasteiger partial charge in [0, 0.05) is 32.5 Å². The first-order chi connectivity index (χ1) is 7.06. The Hall–Kier alpha value is -1.13. The summed E-state index contributed by atoms with van der Waals surface area (Å²) in [6.45, 7) is 0.522. The van der Waals surface area contributed by atoms with Gasteiger partial charge in [-0.2, -0.15) is 0 Å². The van der Waals surface area contributed by atoms with Gasteiger partial charge in [0.1, 0.15) is 4.99 Å². The van der Waals surface area contributed by atoms with Crippen LogP contribution in [0.25, 0.3) is 0 Å². The van der Waals surface area contributed by atoms with Gasteiger partial charge in [-0.05, 0) is 23.8 Å². The van der Waals surface area contributed by atoms with Gasteiger partial charge in [0.2, 0.25) is 0 Å². The van der Waals surface area contributed by atoms with Gasteiger partial charge in [-0.25, -0.2) is 0 Å². The van der Waals surface area contributed by atoms with Crippen molar-refractivity contribution in [3.05, 3.63) is 29.3 Å². The molecule has 0 aliphatic rings. The second kappa shape index (κ2) is 5.09. The fourth-order valence-electron chi connectivity index (χ4n) is 1.37. The Bertz CT molecular complexity index is 364. The third kappa shape index (κ3) is 2.91. The minimum absolute atomic E-state index is 0.410. The fraction of sp³-hybridized carbons (Fsp3) is 0.364. The van der Waals surface area contributed by atoms with Gasteiger partial charge >= 0.3 is 0 Å². The Kier molecular flexibility index (Phi) is 4.05. The van der Waals surface area contributed by atoms with Crippen LogP contribution < -0.4 is 10.6 Å². The van der Waals surface area contributed by atoms with Crippen molar-refractivity contribution in [2.75, 3.05) is 26.1 Å². The molecule has 1 rings (SSSR count). The molecule has 0 bridgehead atoms. The first-order valence-corrected chi connectivity index (χ1v) is 5.06. The van der Waals surface area contributed by atoms with Gasteiger partial charge in [-0.3, -0.25) is 0 Å². The summed E-state index contributed by atoms with van der Waals surface area (Å²) < 4.78 is 5.12. The normalized spacial score (nSPS) is 10.1. The monoisotopic (exact) mass is 224 g/mol. The molecule has 0 atom stereocenters. The van der Waals surface area contributed by atoms with E-state index in [2.05, 4.69) is 0 Å². The highest BCUT2D eigenvalue weighted by molar-refractivity contribution is 7.80. The zero-order valence-corrected chi connectivity index (χ0v) is 10.1. The lowest BCUT2D eigenvalue weighted by molar-refractivity contribution is 0.185. The maximum Gasteiger partial charge on any atom is 0.104 e. The summed E-state index contributed by atoms with van der Waals surface area (Å²) >= 11 is 4.98. The third-order valence-corrected chi connectivity index (χ3v) is 2.39. The summed E-state index contributed by atoms with van der Waals surface area (Å²) in [5.74, 6) is 0. The standard InChI is InChI=1S/C11H16N2OS/c1-13(2)9-4-5-10(11(12)15)8(6-9)7-14-3/h4-6H,7H2,1-3H3,(H2,12,15). The van der Waals surface area contributed by atoms with Crippen LogP contribution in [-0.4, -0.2) is 26.2 Å². The van der Waals surface area contributed by atoms with Gasteiger partial charge in [-0.15, -0.1) is 0 Å². The summed E-state index contributed by atoms with van der Waals surface area (Å²) in [6.07, 6.45) is 0. The topological polar surface area (TPSA) is 38.5 Å². The van der Waals surface area contributed by atoms with Crippen molar-refractivity contribution in [1.29, 1.82) is 0 Å². The van der Waals surface area contributed by atoms with Crippen molar-refractivity contribution in [3.8, 4) is 0 Å². The summed E-state index contributed by atoms with van der Waals surface area (Å²) in [4.78, 5) is 2.44. The molecule has 2 N–H and O–H groups in total. The fourth-order valence-corrected chi connectivity index (χ4v) is 1.57. The minimum Gasteiger partial charge on any atom is -0.389 e. The van der Waals surface area contributed by atoms with Crippen LogP contribution in [0, 0.1) is 0 Å². The summed E-state index contributed by atoms with van der Waals surface area (Å²) in [5.41, 5.74) is 8.66. The van der Waals surface area contributed by atoms with Crippen molar-refractivity contribution >= 4 is 22.9 Å². The van der Waals surface area contributed by atoms with E-state index in [1.807, 2.05) is 37.2 Å². The quantitative estimate of drug-likeness (QED) is 0.787. The Labute approximate surface area is 95.8 Å². The SMILES string of the molecule is COCc1cc(N(C)C)ccc1C(N)=S. The van der Waals surface area contributed by atoms with Crippen molar-refractivity contribution in [2.45, 2.75) is 6.61 Å². The van der Waals surface area contributed by atoms with E-state index in [0.29, 0.717) is 11.6 Å². The van der Waals surface area contributed by atoms with E-state index in [1.54, 1.807) is 7.11 Å². The summed E-state index contributed by atoms with van der Waals surface area (Å²) in [7, 11) is 5.64. The zero-order valence-electron chi connectivity index (χ0n) is 9.28. The summed E-state index contributed by atoms with van der Waals surface area (Å²) in [6, 6.07) is 5.97. The second-order valence-corrected chi connectivity index (χ2v) is 3.97. The van der Waals surface area contributed by atoms with Gasteiger partial charge in [-0.1, -0.05) is 12.2 Å². The average molecular weight is 224 g/mol. The minimum atomic E-state index is 0.410. The molecule has 15 heavy (non-hydrogen) atoms. The first kappa shape index (κ1) is 11.9. The Morgan fingerprint density at radius 3 is 2.60 bits per heavy atom. The van der Waals surface area contributed by atoms with E-state index >= 15 is 0 Å². The van der Waals surface area contributed by atoms with Gasteiger partial charge in [0.25, 0.3) is 0 Å². The molecule has 1 aromatic rings. The van der Waals surface area contributed by atoms with E-state index in [4.69, 9.17) is 22.7 Å². The molecule has 82 valence electrons. The molecule has 0 fully saturated rings. The maximum absolute atomic E-state index is 5.63. The first-order valence-electron chi connectivity index (χ1n) is 4.65. The molecular formula is C11H16N2OS. The Morgan fingerprint density at radius 1 is 1.47 bits per heavy atom. The molecule has 0 saturated carbocycles. The van der Waals surface area contributed by atoms with Crippen LogP contribution in [0.3, 0.4) is 0 Å². The van der Waals surface area contributed by atoms with E-state index in [-0.39, 0.29) is 0 Å². The molecule has 0 amide bonds. The molecule has 0 unspecified atom stereocenters. The van der Waals surface area contributed by atoms with Crippen LogP contribution in [0.5, 0.6) is 0 Å². The molecule has 0 aromatic heterocycles. The lowest BCUT2D eigenvalue weighted by Crippen LogP contribution is -2.15. The van der Waals surface area contributed by atoms with Crippen molar-refractivity contribution in [3.63, 3.8) is 0 Å².